The van der Waals surface area contributed by atoms with Gasteiger partial charge in [0.05, 0.1) is 6.10 Å². The predicted molar refractivity (Wildman–Crippen MR) is 93.0 cm³/mol. The third kappa shape index (κ3) is 3.71. The molecule has 2 N–H and O–H groups in total. The Hall–Kier alpha value is -2.33. The molecule has 1 fully saturated rings. The minimum Gasteiger partial charge on any atom is -0.393 e. The van der Waals surface area contributed by atoms with Gasteiger partial charge < -0.3 is 15.3 Å². The van der Waals surface area contributed by atoms with Crippen LogP contribution >= 0.6 is 0 Å². The third-order valence-electron chi connectivity index (χ3n) is 4.35. The maximum atomic E-state index is 12.3. The number of amides is 1. The molecule has 1 amide bonds. The molecule has 0 aromatic heterocycles. The summed E-state index contributed by atoms with van der Waals surface area (Å²) in [5.41, 5.74) is 3.63. The van der Waals surface area contributed by atoms with Crippen molar-refractivity contribution in [3.8, 4) is 0 Å². The predicted octanol–water partition coefficient (Wildman–Crippen LogP) is 3.21. The van der Waals surface area contributed by atoms with Gasteiger partial charge in [-0.3, -0.25) is 4.79 Å². The molecule has 23 heavy (non-hydrogen) atoms. The van der Waals surface area contributed by atoms with Crippen molar-refractivity contribution >= 4 is 17.3 Å². The highest BCUT2D eigenvalue weighted by atomic mass is 16.3. The van der Waals surface area contributed by atoms with Gasteiger partial charge in [-0.1, -0.05) is 18.2 Å². The summed E-state index contributed by atoms with van der Waals surface area (Å²) in [7, 11) is 0. The average Bonchev–Trinajstić information content (AvgIpc) is 2.58. The quantitative estimate of drug-likeness (QED) is 0.915. The van der Waals surface area contributed by atoms with Crippen molar-refractivity contribution in [1.82, 2.24) is 0 Å². The lowest BCUT2D eigenvalue weighted by Crippen LogP contribution is -2.35. The Kier molecular flexibility index (Phi) is 4.63. The monoisotopic (exact) mass is 310 g/mol. The standard InChI is InChI=1S/C19H22N2O2/c1-14-4-2-3-5-18(14)20-19(23)15-6-8-16(9-7-15)21-12-10-17(22)11-13-21/h2-9,17,22H,10-13H2,1H3,(H,20,23). The Labute approximate surface area is 136 Å². The number of rotatable bonds is 3. The van der Waals surface area contributed by atoms with Crippen molar-refractivity contribution in [2.24, 2.45) is 0 Å². The summed E-state index contributed by atoms with van der Waals surface area (Å²) in [6, 6.07) is 15.4. The van der Waals surface area contributed by atoms with Crippen LogP contribution in [0.5, 0.6) is 0 Å². The molecule has 2 aromatic carbocycles. The lowest BCUT2D eigenvalue weighted by atomic mass is 10.1. The van der Waals surface area contributed by atoms with Gasteiger partial charge in [-0.05, 0) is 55.7 Å². The van der Waals surface area contributed by atoms with E-state index in [1.54, 1.807) is 0 Å². The number of carbonyl (C=O) groups is 1. The molecule has 1 aliphatic rings. The molecule has 0 aliphatic carbocycles. The highest BCUT2D eigenvalue weighted by Crippen LogP contribution is 2.21. The van der Waals surface area contributed by atoms with Crippen LogP contribution in [0.1, 0.15) is 28.8 Å². The van der Waals surface area contributed by atoms with Crippen LogP contribution in [0.15, 0.2) is 48.5 Å². The molecule has 0 bridgehead atoms. The highest BCUT2D eigenvalue weighted by molar-refractivity contribution is 6.04. The first-order valence-corrected chi connectivity index (χ1v) is 8.03. The number of piperidine rings is 1. The molecule has 0 spiro atoms. The van der Waals surface area contributed by atoms with Crippen LogP contribution in [0.2, 0.25) is 0 Å². The number of aliphatic hydroxyl groups excluding tert-OH is 1. The maximum absolute atomic E-state index is 12.3. The van der Waals surface area contributed by atoms with Crippen LogP contribution in [0.4, 0.5) is 11.4 Å². The summed E-state index contributed by atoms with van der Waals surface area (Å²) in [4.78, 5) is 14.6. The Morgan fingerprint density at radius 1 is 1.09 bits per heavy atom. The fourth-order valence-corrected chi connectivity index (χ4v) is 2.86. The molecular formula is C19H22N2O2. The van der Waals surface area contributed by atoms with Gasteiger partial charge in [0.2, 0.25) is 0 Å². The van der Waals surface area contributed by atoms with E-state index in [2.05, 4.69) is 10.2 Å². The molecule has 0 saturated carbocycles. The Bertz CT molecular complexity index is 674. The van der Waals surface area contributed by atoms with E-state index >= 15 is 0 Å². The Morgan fingerprint density at radius 2 is 1.74 bits per heavy atom. The van der Waals surface area contributed by atoms with E-state index in [9.17, 15) is 9.90 Å². The molecule has 3 rings (SSSR count). The molecule has 2 aromatic rings. The number of aryl methyl sites for hydroxylation is 1. The van der Waals surface area contributed by atoms with Gasteiger partial charge in [0.15, 0.2) is 0 Å². The molecular weight excluding hydrogens is 288 g/mol. The minimum absolute atomic E-state index is 0.0973. The SMILES string of the molecule is Cc1ccccc1NC(=O)c1ccc(N2CCC(O)CC2)cc1. The number of para-hydroxylation sites is 1. The van der Waals surface area contributed by atoms with Gasteiger partial charge in [-0.25, -0.2) is 0 Å². The zero-order chi connectivity index (χ0) is 16.2. The lowest BCUT2D eigenvalue weighted by molar-refractivity contribution is 0.102. The first-order chi connectivity index (χ1) is 11.1. The molecule has 0 unspecified atom stereocenters. The minimum atomic E-state index is -0.176. The Balaban J connectivity index is 1.67. The van der Waals surface area contributed by atoms with Crippen molar-refractivity contribution in [3.63, 3.8) is 0 Å². The van der Waals surface area contributed by atoms with Crippen LogP contribution in [0.3, 0.4) is 0 Å². The zero-order valence-corrected chi connectivity index (χ0v) is 13.3. The normalized spacial score (nSPS) is 15.5. The van der Waals surface area contributed by atoms with Gasteiger partial charge >= 0.3 is 0 Å². The summed E-state index contributed by atoms with van der Waals surface area (Å²) < 4.78 is 0. The van der Waals surface area contributed by atoms with E-state index in [1.807, 2.05) is 55.5 Å². The Morgan fingerprint density at radius 3 is 2.39 bits per heavy atom. The van der Waals surface area contributed by atoms with Crippen molar-refractivity contribution in [2.45, 2.75) is 25.9 Å². The fraction of sp³-hybridized carbons (Fsp3) is 0.316. The lowest BCUT2D eigenvalue weighted by Gasteiger charge is -2.31. The van der Waals surface area contributed by atoms with Gasteiger partial charge in [-0.2, -0.15) is 0 Å². The van der Waals surface area contributed by atoms with Crippen LogP contribution < -0.4 is 10.2 Å². The number of benzene rings is 2. The number of aliphatic hydroxyl groups is 1. The summed E-state index contributed by atoms with van der Waals surface area (Å²) in [5, 5.41) is 12.5. The summed E-state index contributed by atoms with van der Waals surface area (Å²) >= 11 is 0. The van der Waals surface area contributed by atoms with Crippen LogP contribution in [-0.4, -0.2) is 30.2 Å². The molecule has 4 nitrogen and oxygen atoms in total. The van der Waals surface area contributed by atoms with E-state index in [-0.39, 0.29) is 12.0 Å². The summed E-state index contributed by atoms with van der Waals surface area (Å²) in [6.07, 6.45) is 1.43. The smallest absolute Gasteiger partial charge is 0.255 e. The molecule has 120 valence electrons. The fourth-order valence-electron chi connectivity index (χ4n) is 2.86. The van der Waals surface area contributed by atoms with Crippen molar-refractivity contribution in [3.05, 3.63) is 59.7 Å². The van der Waals surface area contributed by atoms with E-state index in [0.29, 0.717) is 5.56 Å². The topological polar surface area (TPSA) is 52.6 Å². The molecule has 1 heterocycles. The number of carbonyl (C=O) groups excluding carboxylic acids is 1. The zero-order valence-electron chi connectivity index (χ0n) is 13.3. The van der Waals surface area contributed by atoms with Gasteiger partial charge in [0.1, 0.15) is 0 Å². The van der Waals surface area contributed by atoms with Crippen LogP contribution in [0, 0.1) is 6.92 Å². The van der Waals surface area contributed by atoms with E-state index < -0.39 is 0 Å². The first kappa shape index (κ1) is 15.6. The summed E-state index contributed by atoms with van der Waals surface area (Å²) in [6.45, 7) is 3.69. The van der Waals surface area contributed by atoms with Crippen LogP contribution in [-0.2, 0) is 0 Å². The van der Waals surface area contributed by atoms with E-state index in [4.69, 9.17) is 0 Å². The third-order valence-corrected chi connectivity index (χ3v) is 4.35. The first-order valence-electron chi connectivity index (χ1n) is 8.03. The van der Waals surface area contributed by atoms with Crippen molar-refractivity contribution in [2.75, 3.05) is 23.3 Å². The number of nitrogens with zero attached hydrogens (tertiary/aromatic N) is 1. The van der Waals surface area contributed by atoms with Crippen LogP contribution in [0.25, 0.3) is 0 Å². The number of hydrogen-bond donors (Lipinski definition) is 2. The molecule has 0 atom stereocenters. The molecule has 0 radical (unpaired) electrons. The second-order valence-electron chi connectivity index (χ2n) is 6.03. The average molecular weight is 310 g/mol. The van der Waals surface area contributed by atoms with Gasteiger partial charge in [0, 0.05) is 30.0 Å². The maximum Gasteiger partial charge on any atom is 0.255 e. The number of hydrogen-bond acceptors (Lipinski definition) is 3. The van der Waals surface area contributed by atoms with E-state index in [1.165, 1.54) is 0 Å². The molecule has 1 saturated heterocycles. The molecule has 1 aliphatic heterocycles. The largest absolute Gasteiger partial charge is 0.393 e. The second-order valence-corrected chi connectivity index (χ2v) is 6.03. The second kappa shape index (κ2) is 6.84. The number of anilines is 2. The van der Waals surface area contributed by atoms with Gasteiger partial charge in [-0.15, -0.1) is 0 Å². The van der Waals surface area contributed by atoms with Gasteiger partial charge in [0.25, 0.3) is 5.91 Å². The summed E-state index contributed by atoms with van der Waals surface area (Å²) in [5.74, 6) is -0.0973. The number of nitrogens with one attached hydrogen (secondary N) is 1. The van der Waals surface area contributed by atoms with Crippen molar-refractivity contribution < 1.29 is 9.90 Å². The highest BCUT2D eigenvalue weighted by Gasteiger charge is 2.17. The van der Waals surface area contributed by atoms with Crippen molar-refractivity contribution in [1.29, 1.82) is 0 Å². The molecule has 4 heteroatoms. The van der Waals surface area contributed by atoms with E-state index in [0.717, 1.165) is 42.9 Å².